The van der Waals surface area contributed by atoms with Crippen LogP contribution in [0.3, 0.4) is 0 Å². The Kier molecular flexibility index (Phi) is 7.08. The number of benzene rings is 1. The number of nitrogens with zero attached hydrogens (tertiary/aromatic N) is 1. The third kappa shape index (κ3) is 4.92. The second-order valence-electron chi connectivity index (χ2n) is 5.38. The van der Waals surface area contributed by atoms with Crippen LogP contribution in [-0.2, 0) is 14.3 Å². The standard InChI is InChI=1S/C17H20N2O7S/c1-24-5-4-18-14(20)9-19-16(22)13(27-17(19)23)8-10-6-11(25-2)15(21)12(7-10)26-3/h6-8,21H,4-5,9H2,1-3H3,(H,18,20)/b13-8-. The van der Waals surface area contributed by atoms with Gasteiger partial charge in [-0.15, -0.1) is 0 Å². The van der Waals surface area contributed by atoms with Crippen molar-refractivity contribution in [3.63, 3.8) is 0 Å². The van der Waals surface area contributed by atoms with Crippen molar-refractivity contribution in [2.24, 2.45) is 0 Å². The average Bonchev–Trinajstić information content (AvgIpc) is 2.90. The van der Waals surface area contributed by atoms with Gasteiger partial charge in [-0.1, -0.05) is 0 Å². The molecule has 3 amide bonds. The molecule has 0 aliphatic carbocycles. The highest BCUT2D eigenvalue weighted by Crippen LogP contribution is 2.39. The summed E-state index contributed by atoms with van der Waals surface area (Å²) in [6.45, 7) is 0.250. The number of aromatic hydroxyl groups is 1. The number of methoxy groups -OCH3 is 3. The quantitative estimate of drug-likeness (QED) is 0.498. The summed E-state index contributed by atoms with van der Waals surface area (Å²) < 4.78 is 15.0. The number of amides is 3. The Morgan fingerprint density at radius 1 is 1.22 bits per heavy atom. The molecule has 0 radical (unpaired) electrons. The SMILES string of the molecule is COCCNC(=O)CN1C(=O)S/C(=C\c2cc(OC)c(O)c(OC)c2)C1=O. The first-order valence-corrected chi connectivity index (χ1v) is 8.68. The van der Waals surface area contributed by atoms with Crippen LogP contribution in [0.2, 0.25) is 0 Å². The molecule has 1 aromatic carbocycles. The minimum atomic E-state index is -0.571. The number of hydrogen-bond acceptors (Lipinski definition) is 8. The fourth-order valence-electron chi connectivity index (χ4n) is 2.28. The summed E-state index contributed by atoms with van der Waals surface area (Å²) in [6.07, 6.45) is 1.47. The van der Waals surface area contributed by atoms with E-state index in [0.717, 1.165) is 16.7 Å². The van der Waals surface area contributed by atoms with Crippen LogP contribution >= 0.6 is 11.8 Å². The molecule has 10 heteroatoms. The summed E-state index contributed by atoms with van der Waals surface area (Å²) in [5, 5.41) is 12.0. The predicted octanol–water partition coefficient (Wildman–Crippen LogP) is 1.21. The molecular formula is C17H20N2O7S. The lowest BCUT2D eigenvalue weighted by Gasteiger charge is -2.12. The fourth-order valence-corrected chi connectivity index (χ4v) is 3.12. The number of thioether (sulfide) groups is 1. The molecule has 1 heterocycles. The van der Waals surface area contributed by atoms with Gasteiger partial charge in [-0.05, 0) is 35.5 Å². The average molecular weight is 396 g/mol. The number of rotatable bonds is 8. The largest absolute Gasteiger partial charge is 0.502 e. The zero-order chi connectivity index (χ0) is 20.0. The van der Waals surface area contributed by atoms with Gasteiger partial charge in [0.05, 0.1) is 25.7 Å². The van der Waals surface area contributed by atoms with Crippen LogP contribution in [-0.4, -0.2) is 68.1 Å². The lowest BCUT2D eigenvalue weighted by atomic mass is 10.1. The second-order valence-corrected chi connectivity index (χ2v) is 6.38. The first kappa shape index (κ1) is 20.6. The minimum absolute atomic E-state index is 0.152. The van der Waals surface area contributed by atoms with Gasteiger partial charge in [-0.3, -0.25) is 19.3 Å². The lowest BCUT2D eigenvalue weighted by Crippen LogP contribution is -2.40. The summed E-state index contributed by atoms with van der Waals surface area (Å²) in [6, 6.07) is 3.01. The van der Waals surface area contributed by atoms with Gasteiger partial charge in [0.2, 0.25) is 11.7 Å². The molecule has 0 bridgehead atoms. The number of nitrogens with one attached hydrogen (secondary N) is 1. The van der Waals surface area contributed by atoms with Crippen molar-refractivity contribution >= 4 is 34.9 Å². The van der Waals surface area contributed by atoms with Crippen molar-refractivity contribution in [1.29, 1.82) is 0 Å². The Balaban J connectivity index is 2.17. The molecule has 0 spiro atoms. The zero-order valence-electron chi connectivity index (χ0n) is 15.1. The van der Waals surface area contributed by atoms with Crippen molar-refractivity contribution in [1.82, 2.24) is 10.2 Å². The van der Waals surface area contributed by atoms with Gasteiger partial charge in [-0.2, -0.15) is 0 Å². The van der Waals surface area contributed by atoms with Gasteiger partial charge in [0.15, 0.2) is 11.5 Å². The third-order valence-electron chi connectivity index (χ3n) is 3.60. The molecule has 1 aliphatic rings. The Bertz CT molecular complexity index is 754. The van der Waals surface area contributed by atoms with E-state index in [1.807, 2.05) is 0 Å². The van der Waals surface area contributed by atoms with Gasteiger partial charge in [-0.25, -0.2) is 0 Å². The van der Waals surface area contributed by atoms with Crippen molar-refractivity contribution in [3.8, 4) is 17.2 Å². The first-order chi connectivity index (χ1) is 12.9. The highest BCUT2D eigenvalue weighted by atomic mass is 32.2. The van der Waals surface area contributed by atoms with E-state index in [9.17, 15) is 19.5 Å². The van der Waals surface area contributed by atoms with E-state index in [1.54, 1.807) is 0 Å². The molecule has 146 valence electrons. The van der Waals surface area contributed by atoms with Crippen LogP contribution < -0.4 is 14.8 Å². The molecule has 0 aromatic heterocycles. The van der Waals surface area contributed by atoms with Crippen molar-refractivity contribution in [2.75, 3.05) is 41.0 Å². The third-order valence-corrected chi connectivity index (χ3v) is 4.51. The van der Waals surface area contributed by atoms with Gasteiger partial charge >= 0.3 is 0 Å². The molecular weight excluding hydrogens is 376 g/mol. The minimum Gasteiger partial charge on any atom is -0.502 e. The van der Waals surface area contributed by atoms with E-state index in [1.165, 1.54) is 39.5 Å². The Morgan fingerprint density at radius 3 is 2.41 bits per heavy atom. The van der Waals surface area contributed by atoms with E-state index >= 15 is 0 Å². The molecule has 2 N–H and O–H groups in total. The van der Waals surface area contributed by atoms with Crippen molar-refractivity contribution in [3.05, 3.63) is 22.6 Å². The maximum Gasteiger partial charge on any atom is 0.294 e. The summed E-state index contributed by atoms with van der Waals surface area (Å²) in [7, 11) is 4.27. The van der Waals surface area contributed by atoms with Gasteiger partial charge in [0.1, 0.15) is 6.54 Å². The fraction of sp³-hybridized carbons (Fsp3) is 0.353. The second kappa shape index (κ2) is 9.28. The number of phenols is 1. The number of phenolic OH excluding ortho intramolecular Hbond substituents is 1. The van der Waals surface area contributed by atoms with Crippen LogP contribution in [0.15, 0.2) is 17.0 Å². The maximum absolute atomic E-state index is 12.5. The molecule has 0 atom stereocenters. The number of imide groups is 1. The van der Waals surface area contributed by atoms with Gasteiger partial charge < -0.3 is 24.6 Å². The Morgan fingerprint density at radius 2 is 1.85 bits per heavy atom. The molecule has 1 aliphatic heterocycles. The highest BCUT2D eigenvalue weighted by Gasteiger charge is 2.36. The number of carbonyl (C=O) groups excluding carboxylic acids is 3. The highest BCUT2D eigenvalue weighted by molar-refractivity contribution is 8.18. The molecule has 1 fully saturated rings. The Labute approximate surface area is 160 Å². The van der Waals surface area contributed by atoms with Crippen LogP contribution in [0.25, 0.3) is 6.08 Å². The Hall–Kier alpha value is -2.72. The molecule has 2 rings (SSSR count). The maximum atomic E-state index is 12.5. The van der Waals surface area contributed by atoms with E-state index in [4.69, 9.17) is 14.2 Å². The van der Waals surface area contributed by atoms with E-state index in [-0.39, 0.29) is 35.2 Å². The van der Waals surface area contributed by atoms with E-state index < -0.39 is 17.1 Å². The van der Waals surface area contributed by atoms with Crippen molar-refractivity contribution < 1.29 is 33.7 Å². The molecule has 1 saturated heterocycles. The number of hydrogen-bond donors (Lipinski definition) is 2. The molecule has 1 aromatic rings. The smallest absolute Gasteiger partial charge is 0.294 e. The first-order valence-electron chi connectivity index (χ1n) is 7.87. The number of ether oxygens (including phenoxy) is 3. The lowest BCUT2D eigenvalue weighted by molar-refractivity contribution is -0.129. The van der Waals surface area contributed by atoms with Crippen LogP contribution in [0.1, 0.15) is 5.56 Å². The topological polar surface area (TPSA) is 114 Å². The summed E-state index contributed by atoms with van der Waals surface area (Å²) in [5.41, 5.74) is 0.497. The summed E-state index contributed by atoms with van der Waals surface area (Å²) in [5.74, 6) is -0.867. The normalized spacial score (nSPS) is 15.4. The van der Waals surface area contributed by atoms with Gasteiger partial charge in [0, 0.05) is 13.7 Å². The summed E-state index contributed by atoms with van der Waals surface area (Å²) in [4.78, 5) is 37.4. The van der Waals surface area contributed by atoms with Crippen LogP contribution in [0.5, 0.6) is 17.2 Å². The molecule has 0 saturated carbocycles. The molecule has 9 nitrogen and oxygen atoms in total. The van der Waals surface area contributed by atoms with Crippen LogP contribution in [0, 0.1) is 0 Å². The molecule has 27 heavy (non-hydrogen) atoms. The number of carbonyl (C=O) groups is 3. The van der Waals surface area contributed by atoms with Crippen molar-refractivity contribution in [2.45, 2.75) is 0 Å². The van der Waals surface area contributed by atoms with Gasteiger partial charge in [0.25, 0.3) is 11.1 Å². The molecule has 0 unspecified atom stereocenters. The van der Waals surface area contributed by atoms with E-state index in [0.29, 0.717) is 12.2 Å². The predicted molar refractivity (Wildman–Crippen MR) is 98.8 cm³/mol. The van der Waals surface area contributed by atoms with Crippen LogP contribution in [0.4, 0.5) is 4.79 Å². The monoisotopic (exact) mass is 396 g/mol. The zero-order valence-corrected chi connectivity index (χ0v) is 15.9. The summed E-state index contributed by atoms with van der Waals surface area (Å²) >= 11 is 0.728. The van der Waals surface area contributed by atoms with E-state index in [2.05, 4.69) is 5.32 Å².